The van der Waals surface area contributed by atoms with E-state index in [1.54, 1.807) is 6.07 Å². The monoisotopic (exact) mass is 372 g/mol. The van der Waals surface area contributed by atoms with E-state index in [1.165, 1.54) is 16.1 Å². The molecule has 0 aliphatic carbocycles. The lowest BCUT2D eigenvalue weighted by molar-refractivity contribution is -0.118. The van der Waals surface area contributed by atoms with Gasteiger partial charge in [-0.25, -0.2) is 8.42 Å². The summed E-state index contributed by atoms with van der Waals surface area (Å²) in [5.74, 6) is 0.0492. The zero-order valence-corrected chi connectivity index (χ0v) is 16.0. The molecule has 1 heterocycles. The Morgan fingerprint density at radius 3 is 2.54 bits per heavy atom. The lowest BCUT2D eigenvalue weighted by Gasteiger charge is -2.24. The van der Waals surface area contributed by atoms with Gasteiger partial charge < -0.3 is 4.90 Å². The highest BCUT2D eigenvalue weighted by atomic mass is 32.2. The number of amides is 1. The van der Waals surface area contributed by atoms with Crippen LogP contribution < -0.4 is 9.21 Å². The van der Waals surface area contributed by atoms with Crippen molar-refractivity contribution in [1.82, 2.24) is 0 Å². The van der Waals surface area contributed by atoms with Crippen LogP contribution >= 0.6 is 0 Å². The van der Waals surface area contributed by atoms with Crippen molar-refractivity contribution in [2.45, 2.75) is 26.2 Å². The van der Waals surface area contributed by atoms with E-state index in [4.69, 9.17) is 0 Å². The number of carbonyl (C=O) groups excluding carboxylic acids is 1. The first kappa shape index (κ1) is 18.5. The summed E-state index contributed by atoms with van der Waals surface area (Å²) < 4.78 is 25.8. The summed E-state index contributed by atoms with van der Waals surface area (Å²) in [5.41, 5.74) is 3.75. The van der Waals surface area contributed by atoms with E-state index in [0.717, 1.165) is 17.7 Å². The molecule has 26 heavy (non-hydrogen) atoms. The third-order valence-corrected chi connectivity index (χ3v) is 5.90. The van der Waals surface area contributed by atoms with Crippen molar-refractivity contribution < 1.29 is 13.2 Å². The van der Waals surface area contributed by atoms with Crippen LogP contribution in [0.5, 0.6) is 0 Å². The van der Waals surface area contributed by atoms with Crippen LogP contribution in [0.3, 0.4) is 0 Å². The molecule has 1 aliphatic heterocycles. The zero-order valence-electron chi connectivity index (χ0n) is 15.2. The molecule has 2 aromatic rings. The van der Waals surface area contributed by atoms with Gasteiger partial charge in [0.25, 0.3) is 0 Å². The summed E-state index contributed by atoms with van der Waals surface area (Å²) in [6.45, 7) is 2.89. The largest absolute Gasteiger partial charge is 0.312 e. The minimum Gasteiger partial charge on any atom is -0.312 e. The lowest BCUT2D eigenvalue weighted by atomic mass is 10.2. The third-order valence-electron chi connectivity index (χ3n) is 4.72. The number of fused-ring (bicyclic) bond motifs is 1. The van der Waals surface area contributed by atoms with Crippen LogP contribution in [0.25, 0.3) is 0 Å². The van der Waals surface area contributed by atoms with Gasteiger partial charge >= 0.3 is 0 Å². The fourth-order valence-corrected chi connectivity index (χ4v) is 4.44. The molecule has 5 nitrogen and oxygen atoms in total. The first-order valence-corrected chi connectivity index (χ1v) is 10.6. The second-order valence-electron chi connectivity index (χ2n) is 6.65. The van der Waals surface area contributed by atoms with Crippen LogP contribution in [0.15, 0.2) is 48.5 Å². The van der Waals surface area contributed by atoms with Gasteiger partial charge in [-0.15, -0.1) is 0 Å². The second-order valence-corrected chi connectivity index (χ2v) is 8.56. The van der Waals surface area contributed by atoms with Crippen LogP contribution in [-0.2, 0) is 21.2 Å². The maximum absolute atomic E-state index is 12.6. The summed E-state index contributed by atoms with van der Waals surface area (Å²) in [4.78, 5) is 14.4. The predicted octanol–water partition coefficient (Wildman–Crippen LogP) is 3.13. The fourth-order valence-electron chi connectivity index (χ4n) is 3.41. The van der Waals surface area contributed by atoms with E-state index in [-0.39, 0.29) is 5.91 Å². The van der Waals surface area contributed by atoms with Crippen molar-refractivity contribution in [3.8, 4) is 0 Å². The Balaban J connectivity index is 1.66. The van der Waals surface area contributed by atoms with Crippen molar-refractivity contribution >= 4 is 27.3 Å². The quantitative estimate of drug-likeness (QED) is 0.783. The Morgan fingerprint density at radius 2 is 1.81 bits per heavy atom. The molecular formula is C20H24N2O3S. The summed E-state index contributed by atoms with van der Waals surface area (Å²) >= 11 is 0. The number of benzene rings is 2. The molecule has 2 aromatic carbocycles. The van der Waals surface area contributed by atoms with Crippen molar-refractivity contribution in [3.63, 3.8) is 0 Å². The van der Waals surface area contributed by atoms with Gasteiger partial charge in [0.15, 0.2) is 0 Å². The van der Waals surface area contributed by atoms with Gasteiger partial charge in [0.05, 0.1) is 11.9 Å². The Hall–Kier alpha value is -2.34. The normalized spacial score (nSPS) is 13.5. The average molecular weight is 372 g/mol. The smallest absolute Gasteiger partial charge is 0.232 e. The minimum absolute atomic E-state index is 0.0492. The number of aryl methyl sites for hydroxylation is 1. The predicted molar refractivity (Wildman–Crippen MR) is 105 cm³/mol. The number of hydrogen-bond donors (Lipinski definition) is 0. The average Bonchev–Trinajstić information content (AvgIpc) is 3.03. The van der Waals surface area contributed by atoms with E-state index in [1.807, 2.05) is 54.3 Å². The highest BCUT2D eigenvalue weighted by Crippen LogP contribution is 2.28. The molecule has 0 radical (unpaired) electrons. The number of hydrogen-bond acceptors (Lipinski definition) is 3. The molecule has 3 rings (SSSR count). The van der Waals surface area contributed by atoms with E-state index in [0.29, 0.717) is 31.6 Å². The van der Waals surface area contributed by atoms with Gasteiger partial charge in [-0.3, -0.25) is 9.10 Å². The van der Waals surface area contributed by atoms with E-state index in [9.17, 15) is 13.2 Å². The minimum atomic E-state index is -3.40. The number of nitrogens with zero attached hydrogens (tertiary/aromatic N) is 2. The van der Waals surface area contributed by atoms with Gasteiger partial charge in [0.2, 0.25) is 15.9 Å². The highest BCUT2D eigenvalue weighted by molar-refractivity contribution is 7.92. The molecule has 0 spiro atoms. The molecule has 0 atom stereocenters. The Morgan fingerprint density at radius 1 is 1.12 bits per heavy atom. The van der Waals surface area contributed by atoms with Gasteiger partial charge in [-0.05, 0) is 43.0 Å². The van der Waals surface area contributed by atoms with Crippen molar-refractivity contribution in [1.29, 1.82) is 0 Å². The molecule has 0 N–H and O–H groups in total. The van der Waals surface area contributed by atoms with Crippen molar-refractivity contribution in [3.05, 3.63) is 59.7 Å². The second kappa shape index (κ2) is 7.50. The molecule has 0 fully saturated rings. The van der Waals surface area contributed by atoms with Crippen LogP contribution in [0, 0.1) is 6.92 Å². The molecule has 1 amide bonds. The van der Waals surface area contributed by atoms with Crippen molar-refractivity contribution in [2.24, 2.45) is 0 Å². The van der Waals surface area contributed by atoms with Crippen LogP contribution in [-0.4, -0.2) is 33.7 Å². The Labute approximate surface area is 155 Å². The van der Waals surface area contributed by atoms with Crippen LogP contribution in [0.4, 0.5) is 11.4 Å². The summed E-state index contributed by atoms with van der Waals surface area (Å²) in [5, 5.41) is 0. The van der Waals surface area contributed by atoms with E-state index in [2.05, 4.69) is 0 Å². The van der Waals surface area contributed by atoms with Crippen LogP contribution in [0.1, 0.15) is 24.0 Å². The van der Waals surface area contributed by atoms with Gasteiger partial charge in [-0.1, -0.05) is 36.4 Å². The maximum Gasteiger partial charge on any atom is 0.232 e. The topological polar surface area (TPSA) is 57.7 Å². The van der Waals surface area contributed by atoms with E-state index >= 15 is 0 Å². The zero-order chi connectivity index (χ0) is 18.7. The fraction of sp³-hybridized carbons (Fsp3) is 0.350. The van der Waals surface area contributed by atoms with Crippen molar-refractivity contribution in [2.75, 3.05) is 28.6 Å². The van der Waals surface area contributed by atoms with Gasteiger partial charge in [0.1, 0.15) is 0 Å². The van der Waals surface area contributed by atoms with E-state index < -0.39 is 10.0 Å². The standard InChI is InChI=1S/C20H24N2O3S/c1-16-8-3-5-10-18(16)22(26(2,24)25)14-7-12-20(23)21-15-13-17-9-4-6-11-19(17)21/h3-6,8-11H,7,12-15H2,1-2H3. The summed E-state index contributed by atoms with van der Waals surface area (Å²) in [6.07, 6.45) is 2.89. The first-order chi connectivity index (χ1) is 12.4. The summed E-state index contributed by atoms with van der Waals surface area (Å²) in [7, 11) is -3.40. The molecule has 0 saturated heterocycles. The number of sulfonamides is 1. The number of rotatable bonds is 6. The SMILES string of the molecule is Cc1ccccc1N(CCCC(=O)N1CCc2ccccc21)S(C)(=O)=O. The van der Waals surface area contributed by atoms with Crippen LogP contribution in [0.2, 0.25) is 0 Å². The summed E-state index contributed by atoms with van der Waals surface area (Å²) in [6, 6.07) is 15.3. The van der Waals surface area contributed by atoms with Gasteiger partial charge in [-0.2, -0.15) is 0 Å². The molecule has 6 heteroatoms. The number of para-hydroxylation sites is 2. The molecule has 138 valence electrons. The molecular weight excluding hydrogens is 348 g/mol. The molecule has 0 unspecified atom stereocenters. The molecule has 1 aliphatic rings. The number of anilines is 2. The molecule has 0 aromatic heterocycles. The maximum atomic E-state index is 12.6. The Bertz CT molecular complexity index is 909. The first-order valence-electron chi connectivity index (χ1n) is 8.79. The molecule has 0 bridgehead atoms. The molecule has 0 saturated carbocycles. The lowest BCUT2D eigenvalue weighted by Crippen LogP contribution is -2.33. The third kappa shape index (κ3) is 3.90. The highest BCUT2D eigenvalue weighted by Gasteiger charge is 2.24. The Kier molecular flexibility index (Phi) is 5.32. The number of carbonyl (C=O) groups is 1. The van der Waals surface area contributed by atoms with Gasteiger partial charge in [0, 0.05) is 25.2 Å².